The van der Waals surface area contributed by atoms with Crippen molar-refractivity contribution in [2.24, 2.45) is 5.10 Å². The zero-order valence-electron chi connectivity index (χ0n) is 14.2. The first-order chi connectivity index (χ1) is 12.6. The van der Waals surface area contributed by atoms with Gasteiger partial charge in [-0.2, -0.15) is 5.10 Å². The highest BCUT2D eigenvalue weighted by Crippen LogP contribution is 2.30. The summed E-state index contributed by atoms with van der Waals surface area (Å²) in [5, 5.41) is 5.92. The van der Waals surface area contributed by atoms with Gasteiger partial charge in [0, 0.05) is 16.5 Å². The Morgan fingerprint density at radius 3 is 2.54 bits per heavy atom. The molecule has 0 heterocycles. The van der Waals surface area contributed by atoms with Gasteiger partial charge in [-0.3, -0.25) is 9.59 Å². The summed E-state index contributed by atoms with van der Waals surface area (Å²) in [6.07, 6.45) is 0. The van der Waals surface area contributed by atoms with Crippen molar-refractivity contribution in [3.05, 3.63) is 77.4 Å². The predicted molar refractivity (Wildman–Crippen MR) is 99.6 cm³/mol. The highest BCUT2D eigenvalue weighted by Gasteiger charge is 2.28. The summed E-state index contributed by atoms with van der Waals surface area (Å²) in [5.41, 5.74) is 5.07. The van der Waals surface area contributed by atoms with Gasteiger partial charge in [0.2, 0.25) is 5.78 Å². The molecule has 0 radical (unpaired) electrons. The number of carbonyl (C=O) groups excluding carboxylic acids is 2. The third-order valence-corrected chi connectivity index (χ3v) is 4.27. The predicted octanol–water partition coefficient (Wildman–Crippen LogP) is 3.24. The fourth-order valence-electron chi connectivity index (χ4n) is 3.09. The van der Waals surface area contributed by atoms with E-state index in [2.05, 4.69) is 10.5 Å². The number of hydrogen-bond acceptors (Lipinski definition) is 4. The van der Waals surface area contributed by atoms with Gasteiger partial charge in [0.1, 0.15) is 11.5 Å². The standard InChI is InChI=1S/C21H16N2O3/c1-13-5-2-8-15(11-13)26-12-18(24)22-23-20-16-9-3-6-14-7-4-10-17(19(14)16)21(20)25/h2-11H,12H2,1H3,(H,22,24)/b23-20-. The summed E-state index contributed by atoms with van der Waals surface area (Å²) in [6, 6.07) is 18.7. The molecule has 0 saturated carbocycles. The summed E-state index contributed by atoms with van der Waals surface area (Å²) in [6.45, 7) is 1.77. The van der Waals surface area contributed by atoms with E-state index in [1.807, 2.05) is 55.5 Å². The average Bonchev–Trinajstić information content (AvgIpc) is 2.92. The molecule has 0 bridgehead atoms. The summed E-state index contributed by atoms with van der Waals surface area (Å²) in [7, 11) is 0. The number of amides is 1. The maximum absolute atomic E-state index is 12.6. The molecule has 1 amide bonds. The Bertz CT molecular complexity index is 1060. The highest BCUT2D eigenvalue weighted by molar-refractivity contribution is 6.59. The zero-order chi connectivity index (χ0) is 18.1. The summed E-state index contributed by atoms with van der Waals surface area (Å²) < 4.78 is 5.44. The van der Waals surface area contributed by atoms with Crippen molar-refractivity contribution in [1.29, 1.82) is 0 Å². The molecular formula is C21H16N2O3. The van der Waals surface area contributed by atoms with Gasteiger partial charge in [0.15, 0.2) is 6.61 Å². The number of aryl methyl sites for hydroxylation is 1. The van der Waals surface area contributed by atoms with Gasteiger partial charge in [0.25, 0.3) is 5.91 Å². The first kappa shape index (κ1) is 16.0. The number of ketones is 1. The number of Topliss-reactive ketones (excluding diaryl/α,β-unsaturated/α-hetero) is 1. The minimum atomic E-state index is -0.421. The van der Waals surface area contributed by atoms with Gasteiger partial charge < -0.3 is 4.74 Å². The van der Waals surface area contributed by atoms with Crippen LogP contribution in [-0.4, -0.2) is 24.0 Å². The van der Waals surface area contributed by atoms with Crippen LogP contribution in [0.25, 0.3) is 10.8 Å². The fraction of sp³-hybridized carbons (Fsp3) is 0.0952. The largest absolute Gasteiger partial charge is 0.484 e. The van der Waals surface area contributed by atoms with Crippen LogP contribution in [0.5, 0.6) is 5.75 Å². The molecule has 1 aliphatic rings. The second-order valence-electron chi connectivity index (χ2n) is 6.14. The monoisotopic (exact) mass is 344 g/mol. The second kappa shape index (κ2) is 6.44. The molecule has 0 unspecified atom stereocenters. The van der Waals surface area contributed by atoms with Crippen molar-refractivity contribution < 1.29 is 14.3 Å². The molecule has 1 N–H and O–H groups in total. The Morgan fingerprint density at radius 1 is 1.04 bits per heavy atom. The molecule has 0 atom stereocenters. The molecule has 128 valence electrons. The number of nitrogens with one attached hydrogen (secondary N) is 1. The number of hydrogen-bond donors (Lipinski definition) is 1. The van der Waals surface area contributed by atoms with E-state index < -0.39 is 5.91 Å². The topological polar surface area (TPSA) is 67.8 Å². The quantitative estimate of drug-likeness (QED) is 0.739. The Labute approximate surface area is 150 Å². The molecule has 5 nitrogen and oxygen atoms in total. The molecule has 4 rings (SSSR count). The maximum Gasteiger partial charge on any atom is 0.277 e. The molecular weight excluding hydrogens is 328 g/mol. The SMILES string of the molecule is Cc1cccc(OCC(=O)N/N=C2\C(=O)c3cccc4cccc2c34)c1. The fourth-order valence-corrected chi connectivity index (χ4v) is 3.09. The van der Waals surface area contributed by atoms with Gasteiger partial charge in [-0.05, 0) is 30.0 Å². The molecule has 0 aliphatic heterocycles. The summed E-state index contributed by atoms with van der Waals surface area (Å²) in [4.78, 5) is 24.6. The minimum absolute atomic E-state index is 0.175. The normalized spacial score (nSPS) is 14.0. The molecule has 0 saturated heterocycles. The van der Waals surface area contributed by atoms with Crippen LogP contribution in [-0.2, 0) is 4.79 Å². The molecule has 5 heteroatoms. The van der Waals surface area contributed by atoms with E-state index in [9.17, 15) is 9.59 Å². The zero-order valence-corrected chi connectivity index (χ0v) is 14.2. The number of benzene rings is 3. The minimum Gasteiger partial charge on any atom is -0.484 e. The van der Waals surface area contributed by atoms with Crippen LogP contribution in [0.4, 0.5) is 0 Å². The van der Waals surface area contributed by atoms with Crippen LogP contribution < -0.4 is 10.2 Å². The Hall–Kier alpha value is -3.47. The molecule has 0 spiro atoms. The van der Waals surface area contributed by atoms with Gasteiger partial charge in [0.05, 0.1) is 0 Å². The average molecular weight is 344 g/mol. The number of carbonyl (C=O) groups is 2. The molecule has 1 aliphatic carbocycles. The molecule has 0 fully saturated rings. The Kier molecular flexibility index (Phi) is 3.97. The highest BCUT2D eigenvalue weighted by atomic mass is 16.5. The number of rotatable bonds is 4. The number of nitrogens with zero attached hydrogens (tertiary/aromatic N) is 1. The van der Waals surface area contributed by atoms with E-state index in [4.69, 9.17) is 4.74 Å². The van der Waals surface area contributed by atoms with Crippen molar-refractivity contribution in [3.8, 4) is 5.75 Å². The van der Waals surface area contributed by atoms with Crippen molar-refractivity contribution >= 4 is 28.2 Å². The molecule has 3 aromatic rings. The number of ether oxygens (including phenoxy) is 1. The third-order valence-electron chi connectivity index (χ3n) is 4.27. The molecule has 26 heavy (non-hydrogen) atoms. The third kappa shape index (κ3) is 2.84. The summed E-state index contributed by atoms with van der Waals surface area (Å²) in [5.74, 6) is 0.00792. The van der Waals surface area contributed by atoms with E-state index in [1.54, 1.807) is 12.1 Å². The van der Waals surface area contributed by atoms with Crippen LogP contribution in [0.15, 0.2) is 65.8 Å². The van der Waals surface area contributed by atoms with E-state index in [0.717, 1.165) is 21.9 Å². The first-order valence-corrected chi connectivity index (χ1v) is 8.26. The summed E-state index contributed by atoms with van der Waals surface area (Å²) >= 11 is 0. The van der Waals surface area contributed by atoms with E-state index in [1.165, 1.54) is 0 Å². The van der Waals surface area contributed by atoms with Crippen LogP contribution in [0.1, 0.15) is 21.5 Å². The van der Waals surface area contributed by atoms with Crippen LogP contribution in [0, 0.1) is 6.92 Å². The van der Waals surface area contributed by atoms with Gasteiger partial charge in [-0.1, -0.05) is 48.5 Å². The lowest BCUT2D eigenvalue weighted by Gasteiger charge is -2.06. The second-order valence-corrected chi connectivity index (χ2v) is 6.14. The van der Waals surface area contributed by atoms with Gasteiger partial charge in [-0.25, -0.2) is 5.43 Å². The van der Waals surface area contributed by atoms with Crippen LogP contribution >= 0.6 is 0 Å². The van der Waals surface area contributed by atoms with E-state index in [-0.39, 0.29) is 18.1 Å². The Morgan fingerprint density at radius 2 is 1.77 bits per heavy atom. The van der Waals surface area contributed by atoms with E-state index in [0.29, 0.717) is 11.3 Å². The van der Waals surface area contributed by atoms with Crippen molar-refractivity contribution in [2.45, 2.75) is 6.92 Å². The van der Waals surface area contributed by atoms with Gasteiger partial charge in [-0.15, -0.1) is 0 Å². The molecule has 0 aromatic heterocycles. The number of hydrazone groups is 1. The lowest BCUT2D eigenvalue weighted by atomic mass is 10.1. The maximum atomic E-state index is 12.6. The first-order valence-electron chi connectivity index (χ1n) is 8.26. The smallest absolute Gasteiger partial charge is 0.277 e. The van der Waals surface area contributed by atoms with Crippen LogP contribution in [0.3, 0.4) is 0 Å². The van der Waals surface area contributed by atoms with Crippen molar-refractivity contribution in [1.82, 2.24) is 5.43 Å². The van der Waals surface area contributed by atoms with Crippen molar-refractivity contribution in [3.63, 3.8) is 0 Å². The Balaban J connectivity index is 1.50. The van der Waals surface area contributed by atoms with E-state index >= 15 is 0 Å². The lowest BCUT2D eigenvalue weighted by molar-refractivity contribution is -0.123. The van der Waals surface area contributed by atoms with Crippen molar-refractivity contribution in [2.75, 3.05) is 6.61 Å². The van der Waals surface area contributed by atoms with Gasteiger partial charge >= 0.3 is 0 Å². The van der Waals surface area contributed by atoms with Crippen LogP contribution in [0.2, 0.25) is 0 Å². The lowest BCUT2D eigenvalue weighted by Crippen LogP contribution is -2.27. The molecule has 3 aromatic carbocycles.